The summed E-state index contributed by atoms with van der Waals surface area (Å²) in [5.41, 5.74) is 1.83. The number of aromatic nitrogens is 1. The zero-order valence-electron chi connectivity index (χ0n) is 18.6. The standard InChI is InChI=1S/C24H29N3O4S/c1-25-19(22(28)23-26-18-6-4-5-7-21(18)32-23)12-15-10-11-27(24(15)29)14-16-8-9-17(30-2)13-20(16)31-3/h4-9,13,15,19,22,25,28H,10-12,14H2,1-3H3/t15-,19-,22?/m0/s1. The molecule has 170 valence electrons. The number of methoxy groups -OCH3 is 2. The van der Waals surface area contributed by atoms with Gasteiger partial charge in [0.2, 0.25) is 5.91 Å². The summed E-state index contributed by atoms with van der Waals surface area (Å²) >= 11 is 1.50. The predicted molar refractivity (Wildman–Crippen MR) is 125 cm³/mol. The number of nitrogens with one attached hydrogen (secondary N) is 1. The molecule has 3 atom stereocenters. The Morgan fingerprint density at radius 1 is 1.25 bits per heavy atom. The topological polar surface area (TPSA) is 83.9 Å². The molecule has 1 aromatic heterocycles. The van der Waals surface area contributed by atoms with Crippen molar-refractivity contribution in [1.29, 1.82) is 0 Å². The van der Waals surface area contributed by atoms with Crippen LogP contribution in [-0.4, -0.2) is 54.8 Å². The van der Waals surface area contributed by atoms with Gasteiger partial charge in [-0.2, -0.15) is 0 Å². The highest BCUT2D eigenvalue weighted by molar-refractivity contribution is 7.18. The lowest BCUT2D eigenvalue weighted by Gasteiger charge is -2.24. The van der Waals surface area contributed by atoms with Crippen LogP contribution in [0.4, 0.5) is 0 Å². The second-order valence-corrected chi connectivity index (χ2v) is 9.08. The van der Waals surface area contributed by atoms with Crippen LogP contribution in [0.3, 0.4) is 0 Å². The Bertz CT molecular complexity index is 1050. The molecule has 0 bridgehead atoms. The molecule has 0 spiro atoms. The lowest BCUT2D eigenvalue weighted by Crippen LogP contribution is -2.36. The monoisotopic (exact) mass is 455 g/mol. The number of thiazole rings is 1. The van der Waals surface area contributed by atoms with E-state index in [2.05, 4.69) is 10.3 Å². The van der Waals surface area contributed by atoms with Gasteiger partial charge in [-0.15, -0.1) is 11.3 Å². The van der Waals surface area contributed by atoms with Gasteiger partial charge in [0.05, 0.1) is 24.4 Å². The Hall–Kier alpha value is -2.68. The fraction of sp³-hybridized carbons (Fsp3) is 0.417. The van der Waals surface area contributed by atoms with Gasteiger partial charge in [0.1, 0.15) is 22.6 Å². The largest absolute Gasteiger partial charge is 0.497 e. The number of amides is 1. The molecule has 0 aliphatic carbocycles. The molecular weight excluding hydrogens is 426 g/mol. The molecule has 3 aromatic rings. The Balaban J connectivity index is 1.42. The summed E-state index contributed by atoms with van der Waals surface area (Å²) in [6.07, 6.45) is 0.561. The van der Waals surface area contributed by atoms with E-state index in [0.717, 1.165) is 28.0 Å². The van der Waals surface area contributed by atoms with Crippen molar-refractivity contribution in [3.63, 3.8) is 0 Å². The van der Waals surface area contributed by atoms with Crippen LogP contribution in [0.15, 0.2) is 42.5 Å². The predicted octanol–water partition coefficient (Wildman–Crippen LogP) is 3.37. The SMILES string of the molecule is CN[C@@H](C[C@@H]1CCN(Cc2ccc(OC)cc2OC)C1=O)C(O)c1nc2ccccc2s1. The number of aliphatic hydroxyl groups is 1. The number of nitrogens with zero attached hydrogens (tertiary/aromatic N) is 2. The first-order chi connectivity index (χ1) is 15.5. The van der Waals surface area contributed by atoms with Crippen LogP contribution in [-0.2, 0) is 11.3 Å². The van der Waals surface area contributed by atoms with E-state index in [-0.39, 0.29) is 17.9 Å². The van der Waals surface area contributed by atoms with E-state index in [1.807, 2.05) is 54.4 Å². The van der Waals surface area contributed by atoms with Gasteiger partial charge in [0, 0.05) is 36.7 Å². The van der Waals surface area contributed by atoms with Crippen molar-refractivity contribution in [3.8, 4) is 11.5 Å². The van der Waals surface area contributed by atoms with Crippen molar-refractivity contribution in [2.75, 3.05) is 27.8 Å². The number of carbonyl (C=O) groups excluding carboxylic acids is 1. The maximum atomic E-state index is 13.1. The highest BCUT2D eigenvalue weighted by Gasteiger charge is 2.36. The molecule has 1 saturated heterocycles. The molecule has 0 saturated carbocycles. The van der Waals surface area contributed by atoms with Crippen molar-refractivity contribution in [3.05, 3.63) is 53.0 Å². The molecular formula is C24H29N3O4S. The highest BCUT2D eigenvalue weighted by Crippen LogP contribution is 2.33. The molecule has 1 unspecified atom stereocenters. The molecule has 2 heterocycles. The van der Waals surface area contributed by atoms with Gasteiger partial charge in [-0.1, -0.05) is 12.1 Å². The summed E-state index contributed by atoms with van der Waals surface area (Å²) in [5, 5.41) is 14.9. The van der Waals surface area contributed by atoms with Crippen LogP contribution in [0.25, 0.3) is 10.2 Å². The molecule has 7 nitrogen and oxygen atoms in total. The van der Waals surface area contributed by atoms with Crippen LogP contribution in [0.2, 0.25) is 0 Å². The third-order valence-corrected chi connectivity index (χ3v) is 7.22. The van der Waals surface area contributed by atoms with E-state index < -0.39 is 6.10 Å². The number of benzene rings is 2. The minimum absolute atomic E-state index is 0.111. The van der Waals surface area contributed by atoms with Crippen molar-refractivity contribution < 1.29 is 19.4 Å². The lowest BCUT2D eigenvalue weighted by atomic mass is 9.95. The van der Waals surface area contributed by atoms with Crippen LogP contribution < -0.4 is 14.8 Å². The van der Waals surface area contributed by atoms with Gasteiger partial charge >= 0.3 is 0 Å². The Kier molecular flexibility index (Phi) is 6.93. The van der Waals surface area contributed by atoms with Gasteiger partial charge in [0.15, 0.2) is 0 Å². The maximum absolute atomic E-state index is 13.1. The number of hydrogen-bond donors (Lipinski definition) is 2. The molecule has 2 N–H and O–H groups in total. The first-order valence-corrected chi connectivity index (χ1v) is 11.6. The summed E-state index contributed by atoms with van der Waals surface area (Å²) in [5.74, 6) is 1.40. The summed E-state index contributed by atoms with van der Waals surface area (Å²) in [7, 11) is 5.05. The highest BCUT2D eigenvalue weighted by atomic mass is 32.1. The molecule has 8 heteroatoms. The second kappa shape index (κ2) is 9.85. The van der Waals surface area contributed by atoms with Gasteiger partial charge in [0.25, 0.3) is 0 Å². The number of para-hydroxylation sites is 1. The number of rotatable bonds is 9. The van der Waals surface area contributed by atoms with Gasteiger partial charge < -0.3 is 24.8 Å². The van der Waals surface area contributed by atoms with E-state index in [4.69, 9.17) is 9.47 Å². The summed E-state index contributed by atoms with van der Waals surface area (Å²) in [6, 6.07) is 13.3. The Labute approximate surface area is 192 Å². The molecule has 0 radical (unpaired) electrons. The number of carbonyl (C=O) groups is 1. The van der Waals surface area contributed by atoms with Gasteiger partial charge in [-0.25, -0.2) is 4.98 Å². The molecule has 1 amide bonds. The summed E-state index contributed by atoms with van der Waals surface area (Å²) < 4.78 is 11.8. The van der Waals surface area contributed by atoms with E-state index in [1.54, 1.807) is 14.2 Å². The number of ether oxygens (including phenoxy) is 2. The van der Waals surface area contributed by atoms with Gasteiger partial charge in [-0.05, 0) is 44.2 Å². The first kappa shape index (κ1) is 22.5. The Morgan fingerprint density at radius 2 is 2.06 bits per heavy atom. The van der Waals surface area contributed by atoms with Gasteiger partial charge in [-0.3, -0.25) is 4.79 Å². The van der Waals surface area contributed by atoms with Crippen molar-refractivity contribution in [1.82, 2.24) is 15.2 Å². The fourth-order valence-electron chi connectivity index (χ4n) is 4.27. The van der Waals surface area contributed by atoms with Crippen LogP contribution in [0.1, 0.15) is 29.5 Å². The number of likely N-dealkylation sites (N-methyl/N-ethyl adjacent to an activating group) is 1. The van der Waals surface area contributed by atoms with Crippen molar-refractivity contribution in [2.45, 2.75) is 31.5 Å². The average Bonchev–Trinajstić information content (AvgIpc) is 3.41. The maximum Gasteiger partial charge on any atom is 0.226 e. The number of fused-ring (bicyclic) bond motifs is 1. The summed E-state index contributed by atoms with van der Waals surface area (Å²) in [4.78, 5) is 19.6. The minimum atomic E-state index is -0.763. The Morgan fingerprint density at radius 3 is 2.78 bits per heavy atom. The second-order valence-electron chi connectivity index (χ2n) is 8.02. The van der Waals surface area contributed by atoms with Crippen LogP contribution in [0, 0.1) is 5.92 Å². The molecule has 1 aliphatic rings. The molecule has 32 heavy (non-hydrogen) atoms. The normalized spacial score (nSPS) is 18.2. The van der Waals surface area contributed by atoms with Crippen molar-refractivity contribution >= 4 is 27.5 Å². The van der Waals surface area contributed by atoms with E-state index in [1.165, 1.54) is 11.3 Å². The van der Waals surface area contributed by atoms with E-state index in [9.17, 15) is 9.90 Å². The van der Waals surface area contributed by atoms with E-state index >= 15 is 0 Å². The lowest BCUT2D eigenvalue weighted by molar-refractivity contribution is -0.132. The minimum Gasteiger partial charge on any atom is -0.497 e. The zero-order chi connectivity index (χ0) is 22.7. The quantitative estimate of drug-likeness (QED) is 0.515. The van der Waals surface area contributed by atoms with Crippen molar-refractivity contribution in [2.24, 2.45) is 5.92 Å². The summed E-state index contributed by atoms with van der Waals surface area (Å²) in [6.45, 7) is 1.18. The van der Waals surface area contributed by atoms with Crippen LogP contribution >= 0.6 is 11.3 Å². The number of aliphatic hydroxyl groups excluding tert-OH is 1. The molecule has 4 rings (SSSR count). The fourth-order valence-corrected chi connectivity index (χ4v) is 5.29. The van der Waals surface area contributed by atoms with Crippen LogP contribution in [0.5, 0.6) is 11.5 Å². The van der Waals surface area contributed by atoms with E-state index in [0.29, 0.717) is 30.3 Å². The molecule has 1 aliphatic heterocycles. The molecule has 1 fully saturated rings. The number of hydrogen-bond acceptors (Lipinski definition) is 7. The first-order valence-electron chi connectivity index (χ1n) is 10.7. The third kappa shape index (κ3) is 4.57. The third-order valence-electron chi connectivity index (χ3n) is 6.12. The zero-order valence-corrected chi connectivity index (χ0v) is 19.4. The average molecular weight is 456 g/mol. The molecule has 2 aromatic carbocycles. The smallest absolute Gasteiger partial charge is 0.226 e. The number of likely N-dealkylation sites (tertiary alicyclic amines) is 1.